The summed E-state index contributed by atoms with van der Waals surface area (Å²) in [5.74, 6) is 3.24. The van der Waals surface area contributed by atoms with E-state index in [9.17, 15) is 0 Å². The molecule has 0 aliphatic heterocycles. The third-order valence-corrected chi connectivity index (χ3v) is 4.80. The van der Waals surface area contributed by atoms with E-state index in [1.165, 1.54) is 25.7 Å². The van der Waals surface area contributed by atoms with E-state index in [-0.39, 0.29) is 5.92 Å². The van der Waals surface area contributed by atoms with Crippen LogP contribution in [0.15, 0.2) is 4.52 Å². The van der Waals surface area contributed by atoms with Crippen LogP contribution in [0.3, 0.4) is 0 Å². The van der Waals surface area contributed by atoms with Gasteiger partial charge in [0.2, 0.25) is 5.89 Å². The monoisotopic (exact) mass is 279 g/mol. The molecule has 1 aliphatic carbocycles. The maximum Gasteiger partial charge on any atom is 0.229 e. The molecule has 1 aliphatic rings. The zero-order valence-corrected chi connectivity index (χ0v) is 13.4. The largest absolute Gasteiger partial charge is 0.339 e. The molecule has 1 aromatic rings. The fourth-order valence-corrected chi connectivity index (χ4v) is 3.20. The van der Waals surface area contributed by atoms with Gasteiger partial charge in [-0.05, 0) is 50.0 Å². The van der Waals surface area contributed by atoms with E-state index in [1.807, 2.05) is 0 Å². The number of nitrogens with zero attached hydrogens (tertiary/aromatic N) is 2. The minimum atomic E-state index is 0.271. The van der Waals surface area contributed by atoms with Crippen molar-refractivity contribution < 1.29 is 4.52 Å². The van der Waals surface area contributed by atoms with Gasteiger partial charge in [-0.15, -0.1) is 0 Å². The van der Waals surface area contributed by atoms with Crippen LogP contribution < -0.4 is 5.73 Å². The standard InChI is InChI=1S/C16H29N3O/c1-11(9-10-17)15-18-14(19-20-15)12-5-7-13(8-6-12)16(2,3)4/h11-13H,5-10,17H2,1-4H3. The predicted molar refractivity (Wildman–Crippen MR) is 80.5 cm³/mol. The van der Waals surface area contributed by atoms with Crippen LogP contribution >= 0.6 is 0 Å². The maximum atomic E-state index is 5.58. The van der Waals surface area contributed by atoms with E-state index in [1.54, 1.807) is 0 Å². The molecule has 1 fully saturated rings. The summed E-state index contributed by atoms with van der Waals surface area (Å²) in [5, 5.41) is 4.20. The van der Waals surface area contributed by atoms with Gasteiger partial charge in [-0.3, -0.25) is 0 Å². The molecule has 4 nitrogen and oxygen atoms in total. The smallest absolute Gasteiger partial charge is 0.229 e. The van der Waals surface area contributed by atoms with E-state index < -0.39 is 0 Å². The van der Waals surface area contributed by atoms with E-state index in [4.69, 9.17) is 10.3 Å². The van der Waals surface area contributed by atoms with Gasteiger partial charge >= 0.3 is 0 Å². The molecule has 114 valence electrons. The SMILES string of the molecule is CC(CCN)c1nc(C2CCC(C(C)(C)C)CC2)no1. The van der Waals surface area contributed by atoms with E-state index in [2.05, 4.69) is 37.8 Å². The Hall–Kier alpha value is -0.900. The van der Waals surface area contributed by atoms with Gasteiger partial charge in [-0.2, -0.15) is 4.98 Å². The Morgan fingerprint density at radius 3 is 2.45 bits per heavy atom. The highest BCUT2D eigenvalue weighted by atomic mass is 16.5. The van der Waals surface area contributed by atoms with Gasteiger partial charge in [0.25, 0.3) is 0 Å². The van der Waals surface area contributed by atoms with Gasteiger partial charge in [-0.25, -0.2) is 0 Å². The fraction of sp³-hybridized carbons (Fsp3) is 0.875. The fourth-order valence-electron chi connectivity index (χ4n) is 3.20. The summed E-state index contributed by atoms with van der Waals surface area (Å²) >= 11 is 0. The van der Waals surface area contributed by atoms with Crippen LogP contribution in [0.5, 0.6) is 0 Å². The van der Waals surface area contributed by atoms with Gasteiger partial charge < -0.3 is 10.3 Å². The summed E-state index contributed by atoms with van der Waals surface area (Å²) in [5.41, 5.74) is 6.00. The predicted octanol–water partition coefficient (Wildman–Crippen LogP) is 3.84. The molecule has 0 bridgehead atoms. The van der Waals surface area contributed by atoms with Gasteiger partial charge in [0.05, 0.1) is 0 Å². The first-order valence-corrected chi connectivity index (χ1v) is 7.95. The second-order valence-electron chi connectivity index (χ2n) is 7.38. The molecule has 0 aromatic carbocycles. The molecule has 0 amide bonds. The number of nitrogens with two attached hydrogens (primary N) is 1. The van der Waals surface area contributed by atoms with Crippen molar-refractivity contribution >= 4 is 0 Å². The number of aromatic nitrogens is 2. The summed E-state index contributed by atoms with van der Waals surface area (Å²) in [4.78, 5) is 4.61. The van der Waals surface area contributed by atoms with Crippen LogP contribution in [0.1, 0.15) is 83.3 Å². The molecule has 0 spiro atoms. The molecule has 2 rings (SSSR count). The lowest BCUT2D eigenvalue weighted by Crippen LogP contribution is -2.25. The molecule has 2 N–H and O–H groups in total. The molecule has 1 atom stereocenters. The molecule has 1 aromatic heterocycles. The Kier molecular flexibility index (Phi) is 4.84. The average molecular weight is 279 g/mol. The minimum Gasteiger partial charge on any atom is -0.339 e. The zero-order valence-electron chi connectivity index (χ0n) is 13.4. The van der Waals surface area contributed by atoms with Gasteiger partial charge in [-0.1, -0.05) is 32.9 Å². The lowest BCUT2D eigenvalue weighted by molar-refractivity contribution is 0.166. The van der Waals surface area contributed by atoms with E-state index in [0.29, 0.717) is 17.9 Å². The van der Waals surface area contributed by atoms with Gasteiger partial charge in [0, 0.05) is 11.8 Å². The van der Waals surface area contributed by atoms with Gasteiger partial charge in [0.1, 0.15) is 0 Å². The van der Waals surface area contributed by atoms with Crippen molar-refractivity contribution in [3.8, 4) is 0 Å². The molecule has 20 heavy (non-hydrogen) atoms. The molecule has 0 saturated heterocycles. The Morgan fingerprint density at radius 2 is 1.90 bits per heavy atom. The summed E-state index contributed by atoms with van der Waals surface area (Å²) < 4.78 is 5.41. The second-order valence-corrected chi connectivity index (χ2v) is 7.38. The molecule has 1 unspecified atom stereocenters. The van der Waals surface area contributed by atoms with Gasteiger partial charge in [0.15, 0.2) is 5.82 Å². The van der Waals surface area contributed by atoms with Crippen LogP contribution in [-0.4, -0.2) is 16.7 Å². The van der Waals surface area contributed by atoms with E-state index in [0.717, 1.165) is 24.1 Å². The second kappa shape index (κ2) is 6.25. The lowest BCUT2D eigenvalue weighted by Gasteiger charge is -2.36. The highest BCUT2D eigenvalue weighted by Gasteiger charge is 2.32. The maximum absolute atomic E-state index is 5.58. The Morgan fingerprint density at radius 1 is 1.25 bits per heavy atom. The van der Waals surface area contributed by atoms with Crippen LogP contribution in [0.25, 0.3) is 0 Å². The highest BCUT2D eigenvalue weighted by molar-refractivity contribution is 5.00. The van der Waals surface area contributed by atoms with Crippen LogP contribution in [0.4, 0.5) is 0 Å². The summed E-state index contributed by atoms with van der Waals surface area (Å²) in [6.45, 7) is 9.80. The normalized spacial score (nSPS) is 25.6. The van der Waals surface area contributed by atoms with Crippen LogP contribution in [0.2, 0.25) is 0 Å². The quantitative estimate of drug-likeness (QED) is 0.909. The summed E-state index contributed by atoms with van der Waals surface area (Å²) in [6, 6.07) is 0. The minimum absolute atomic E-state index is 0.271. The van der Waals surface area contributed by atoms with Crippen molar-refractivity contribution in [2.24, 2.45) is 17.1 Å². The first-order valence-electron chi connectivity index (χ1n) is 7.95. The molecule has 1 heterocycles. The lowest BCUT2D eigenvalue weighted by atomic mass is 9.70. The Labute approximate surface area is 122 Å². The summed E-state index contributed by atoms with van der Waals surface area (Å²) in [6.07, 6.45) is 5.82. The Balaban J connectivity index is 1.94. The first kappa shape index (κ1) is 15.5. The molecule has 1 saturated carbocycles. The third-order valence-electron chi connectivity index (χ3n) is 4.80. The molecule has 4 heteroatoms. The molecular weight excluding hydrogens is 250 g/mol. The van der Waals surface area contributed by atoms with Crippen molar-refractivity contribution in [1.29, 1.82) is 0 Å². The van der Waals surface area contributed by atoms with Crippen molar-refractivity contribution in [1.82, 2.24) is 10.1 Å². The number of hydrogen-bond acceptors (Lipinski definition) is 4. The van der Waals surface area contributed by atoms with Crippen molar-refractivity contribution in [3.63, 3.8) is 0 Å². The Bertz CT molecular complexity index is 414. The third kappa shape index (κ3) is 3.60. The zero-order chi connectivity index (χ0) is 14.8. The van der Waals surface area contributed by atoms with Crippen molar-refractivity contribution in [2.45, 2.75) is 71.6 Å². The average Bonchev–Trinajstić information content (AvgIpc) is 2.88. The number of hydrogen-bond donors (Lipinski definition) is 1. The number of rotatable bonds is 4. The van der Waals surface area contributed by atoms with E-state index >= 15 is 0 Å². The van der Waals surface area contributed by atoms with Crippen LogP contribution in [0, 0.1) is 11.3 Å². The molecule has 0 radical (unpaired) electrons. The topological polar surface area (TPSA) is 64.9 Å². The van der Waals surface area contributed by atoms with Crippen molar-refractivity contribution in [3.05, 3.63) is 11.7 Å². The highest BCUT2D eigenvalue weighted by Crippen LogP contribution is 2.42. The first-order chi connectivity index (χ1) is 9.41. The molecular formula is C16H29N3O. The van der Waals surface area contributed by atoms with Crippen LogP contribution in [-0.2, 0) is 0 Å². The summed E-state index contributed by atoms with van der Waals surface area (Å²) in [7, 11) is 0. The van der Waals surface area contributed by atoms with Crippen molar-refractivity contribution in [2.75, 3.05) is 6.54 Å².